The van der Waals surface area contributed by atoms with Crippen LogP contribution in [0.5, 0.6) is 0 Å². The van der Waals surface area contributed by atoms with E-state index >= 15 is 0 Å². The van der Waals surface area contributed by atoms with Crippen LogP contribution in [-0.4, -0.2) is 39.3 Å². The second kappa shape index (κ2) is 7.62. The lowest BCUT2D eigenvalue weighted by molar-refractivity contribution is -0.130. The van der Waals surface area contributed by atoms with E-state index in [-0.39, 0.29) is 18.2 Å². The van der Waals surface area contributed by atoms with Crippen molar-refractivity contribution in [2.24, 2.45) is 0 Å². The van der Waals surface area contributed by atoms with Crippen molar-refractivity contribution >= 4 is 17.7 Å². The number of nitrogens with one attached hydrogen (secondary N) is 1. The van der Waals surface area contributed by atoms with E-state index < -0.39 is 11.6 Å². The van der Waals surface area contributed by atoms with Crippen molar-refractivity contribution in [3.8, 4) is 5.69 Å². The highest BCUT2D eigenvalue weighted by atomic mass is 16.2. The molecule has 1 N–H and O–H groups in total. The maximum atomic E-state index is 12.9. The van der Waals surface area contributed by atoms with Gasteiger partial charge in [0.05, 0.1) is 6.54 Å². The molecule has 3 amide bonds. The van der Waals surface area contributed by atoms with Crippen molar-refractivity contribution in [3.05, 3.63) is 53.3 Å². The first-order valence-electron chi connectivity index (χ1n) is 9.70. The van der Waals surface area contributed by atoms with E-state index in [1.54, 1.807) is 6.92 Å². The highest BCUT2D eigenvalue weighted by Crippen LogP contribution is 2.25. The molecule has 0 saturated carbocycles. The maximum absolute atomic E-state index is 12.9. The number of amides is 3. The van der Waals surface area contributed by atoms with E-state index in [1.807, 2.05) is 61.7 Å². The summed E-state index contributed by atoms with van der Waals surface area (Å²) in [6, 6.07) is 11.1. The highest BCUT2D eigenvalue weighted by Gasteiger charge is 2.47. The number of para-hydroxylation sites is 1. The Morgan fingerprint density at radius 2 is 1.82 bits per heavy atom. The molecular formula is C22H27N3O3. The summed E-state index contributed by atoms with van der Waals surface area (Å²) in [5, 5.41) is 2.76. The summed E-state index contributed by atoms with van der Waals surface area (Å²) in [5.41, 5.74) is 2.31. The van der Waals surface area contributed by atoms with Gasteiger partial charge in [0.15, 0.2) is 5.78 Å². The third-order valence-electron chi connectivity index (χ3n) is 5.42. The maximum Gasteiger partial charge on any atom is 0.325 e. The Bertz CT molecular complexity index is 917. The van der Waals surface area contributed by atoms with Crippen LogP contribution in [0.1, 0.15) is 54.9 Å². The van der Waals surface area contributed by atoms with Crippen molar-refractivity contribution < 1.29 is 14.4 Å². The minimum absolute atomic E-state index is 0.237. The summed E-state index contributed by atoms with van der Waals surface area (Å²) in [7, 11) is 0. The zero-order valence-corrected chi connectivity index (χ0v) is 16.9. The summed E-state index contributed by atoms with van der Waals surface area (Å²) in [4.78, 5) is 39.1. The number of hydrogen-bond acceptors (Lipinski definition) is 3. The molecule has 1 aromatic heterocycles. The average molecular weight is 381 g/mol. The second-order valence-electron chi connectivity index (χ2n) is 7.64. The van der Waals surface area contributed by atoms with E-state index in [0.29, 0.717) is 12.0 Å². The topological polar surface area (TPSA) is 71.4 Å². The number of aromatic nitrogens is 1. The van der Waals surface area contributed by atoms with Gasteiger partial charge in [-0.3, -0.25) is 14.5 Å². The van der Waals surface area contributed by atoms with Gasteiger partial charge in [-0.05, 0) is 45.4 Å². The minimum Gasteiger partial charge on any atom is -0.323 e. The van der Waals surface area contributed by atoms with Crippen LogP contribution >= 0.6 is 0 Å². The number of Topliss-reactive ketones (excluding diaryl/α,β-unsaturated/α-hetero) is 1. The van der Waals surface area contributed by atoms with Gasteiger partial charge in [0.2, 0.25) is 0 Å². The lowest BCUT2D eigenvalue weighted by Crippen LogP contribution is -2.44. The summed E-state index contributed by atoms with van der Waals surface area (Å²) in [6.07, 6.45) is 2.34. The molecule has 1 aliphatic rings. The Labute approximate surface area is 165 Å². The predicted molar refractivity (Wildman–Crippen MR) is 108 cm³/mol. The molecule has 1 saturated heterocycles. The molecule has 2 aromatic rings. The SMILES string of the molecule is CCCC[C@@]1(C)NC(=O)N(CC(=O)c2cc(C)n(-c3ccccc3)c2C)C1=O. The fourth-order valence-electron chi connectivity index (χ4n) is 3.84. The number of carbonyl (C=O) groups is 3. The number of nitrogens with zero attached hydrogens (tertiary/aromatic N) is 2. The monoisotopic (exact) mass is 381 g/mol. The number of benzene rings is 1. The molecule has 28 heavy (non-hydrogen) atoms. The fraction of sp³-hybridized carbons (Fsp3) is 0.409. The third-order valence-corrected chi connectivity index (χ3v) is 5.42. The number of rotatable bonds is 7. The van der Waals surface area contributed by atoms with Gasteiger partial charge in [0.1, 0.15) is 5.54 Å². The Morgan fingerprint density at radius 1 is 1.14 bits per heavy atom. The van der Waals surface area contributed by atoms with Crippen molar-refractivity contribution in [1.29, 1.82) is 0 Å². The molecular weight excluding hydrogens is 354 g/mol. The summed E-state index contributed by atoms with van der Waals surface area (Å²) < 4.78 is 2.00. The minimum atomic E-state index is -0.922. The molecule has 2 heterocycles. The quantitative estimate of drug-likeness (QED) is 0.586. The van der Waals surface area contributed by atoms with E-state index in [2.05, 4.69) is 5.32 Å². The van der Waals surface area contributed by atoms with E-state index in [9.17, 15) is 14.4 Å². The summed E-state index contributed by atoms with van der Waals surface area (Å²) >= 11 is 0. The van der Waals surface area contributed by atoms with Gasteiger partial charge >= 0.3 is 6.03 Å². The summed E-state index contributed by atoms with van der Waals surface area (Å²) in [6.45, 7) is 7.34. The Hall–Kier alpha value is -2.89. The van der Waals surface area contributed by atoms with Gasteiger partial charge in [-0.25, -0.2) is 4.79 Å². The zero-order valence-electron chi connectivity index (χ0n) is 16.9. The second-order valence-corrected chi connectivity index (χ2v) is 7.64. The Kier molecular flexibility index (Phi) is 5.40. The van der Waals surface area contributed by atoms with Crippen LogP contribution in [0.25, 0.3) is 5.69 Å². The van der Waals surface area contributed by atoms with Gasteiger partial charge in [-0.1, -0.05) is 38.0 Å². The van der Waals surface area contributed by atoms with Gasteiger partial charge in [-0.15, -0.1) is 0 Å². The number of carbonyl (C=O) groups excluding carboxylic acids is 3. The van der Waals surface area contributed by atoms with E-state index in [0.717, 1.165) is 34.8 Å². The number of imide groups is 1. The van der Waals surface area contributed by atoms with Gasteiger partial charge in [0.25, 0.3) is 5.91 Å². The van der Waals surface area contributed by atoms with E-state index in [1.165, 1.54) is 0 Å². The lowest BCUT2D eigenvalue weighted by atomic mass is 9.95. The normalized spacial score (nSPS) is 19.2. The van der Waals surface area contributed by atoms with Crippen LogP contribution in [-0.2, 0) is 4.79 Å². The van der Waals surface area contributed by atoms with Crippen LogP contribution in [0.2, 0.25) is 0 Å². The molecule has 1 atom stereocenters. The molecule has 0 radical (unpaired) electrons. The van der Waals surface area contributed by atoms with Gasteiger partial charge < -0.3 is 9.88 Å². The molecule has 1 fully saturated rings. The number of ketones is 1. The number of urea groups is 1. The van der Waals surface area contributed by atoms with Crippen molar-refractivity contribution in [1.82, 2.24) is 14.8 Å². The van der Waals surface area contributed by atoms with Crippen LogP contribution < -0.4 is 5.32 Å². The third kappa shape index (κ3) is 3.46. The van der Waals surface area contributed by atoms with Crippen molar-refractivity contribution in [2.45, 2.75) is 52.5 Å². The average Bonchev–Trinajstić information content (AvgIpc) is 3.08. The Morgan fingerprint density at radius 3 is 2.46 bits per heavy atom. The lowest BCUT2D eigenvalue weighted by Gasteiger charge is -2.21. The molecule has 3 rings (SSSR count). The Balaban J connectivity index is 1.83. The van der Waals surface area contributed by atoms with Gasteiger partial charge in [-0.2, -0.15) is 0 Å². The van der Waals surface area contributed by atoms with Crippen LogP contribution in [0, 0.1) is 13.8 Å². The molecule has 1 aromatic carbocycles. The molecule has 0 spiro atoms. The van der Waals surface area contributed by atoms with Crippen LogP contribution in [0.4, 0.5) is 4.79 Å². The first-order valence-corrected chi connectivity index (χ1v) is 9.70. The summed E-state index contributed by atoms with van der Waals surface area (Å²) in [5.74, 6) is -0.560. The van der Waals surface area contributed by atoms with Crippen molar-refractivity contribution in [2.75, 3.05) is 6.54 Å². The van der Waals surface area contributed by atoms with E-state index in [4.69, 9.17) is 0 Å². The molecule has 1 aliphatic heterocycles. The zero-order chi connectivity index (χ0) is 20.5. The molecule has 0 bridgehead atoms. The van der Waals surface area contributed by atoms with Crippen LogP contribution in [0.3, 0.4) is 0 Å². The van der Waals surface area contributed by atoms with Crippen LogP contribution in [0.15, 0.2) is 36.4 Å². The number of aryl methyl sites for hydroxylation is 1. The van der Waals surface area contributed by atoms with Gasteiger partial charge in [0, 0.05) is 22.6 Å². The highest BCUT2D eigenvalue weighted by molar-refractivity contribution is 6.11. The smallest absolute Gasteiger partial charge is 0.323 e. The molecule has 6 heteroatoms. The molecule has 6 nitrogen and oxygen atoms in total. The molecule has 0 aliphatic carbocycles. The van der Waals surface area contributed by atoms with Crippen molar-refractivity contribution in [3.63, 3.8) is 0 Å². The first kappa shape index (κ1) is 19.9. The largest absolute Gasteiger partial charge is 0.325 e. The first-order chi connectivity index (χ1) is 13.3. The molecule has 148 valence electrons. The predicted octanol–water partition coefficient (Wildman–Crippen LogP) is 3.78. The number of unbranched alkanes of at least 4 members (excludes halogenated alkanes) is 1. The standard InChI is InChI=1S/C22H27N3O3/c1-5-6-12-22(4)20(27)24(21(28)23-22)14-19(26)18-13-15(2)25(16(18)3)17-10-8-7-9-11-17/h7-11,13H,5-6,12,14H2,1-4H3,(H,23,28)/t22-/m1/s1. The fourth-order valence-corrected chi connectivity index (χ4v) is 3.84. The molecule has 0 unspecified atom stereocenters. The number of hydrogen-bond donors (Lipinski definition) is 1.